The van der Waals surface area contributed by atoms with Crippen LogP contribution in [0.1, 0.15) is 22.3 Å². The van der Waals surface area contributed by atoms with Gasteiger partial charge in [0.25, 0.3) is 0 Å². The topological polar surface area (TPSA) is 43.6 Å². The lowest BCUT2D eigenvalue weighted by molar-refractivity contribution is 0.769. The van der Waals surface area contributed by atoms with Gasteiger partial charge < -0.3 is 4.57 Å². The Kier molecular flexibility index (Phi) is 8.36. The summed E-state index contributed by atoms with van der Waals surface area (Å²) in [5.74, 6) is 1.92. The molecule has 0 aliphatic heterocycles. The molecule has 0 radical (unpaired) electrons. The molecular formula is C58H38N4. The molecule has 0 spiro atoms. The van der Waals surface area contributed by atoms with Crippen molar-refractivity contribution in [2.24, 2.45) is 0 Å². The summed E-state index contributed by atoms with van der Waals surface area (Å²) in [5.41, 5.74) is 15.6. The summed E-state index contributed by atoms with van der Waals surface area (Å²) in [6.45, 7) is 0. The van der Waals surface area contributed by atoms with Crippen molar-refractivity contribution in [3.05, 3.63) is 253 Å². The van der Waals surface area contributed by atoms with E-state index < -0.39 is 5.41 Å². The molecule has 0 saturated carbocycles. The summed E-state index contributed by atoms with van der Waals surface area (Å²) in [4.78, 5) is 15.0. The highest BCUT2D eigenvalue weighted by molar-refractivity contribution is 6.16. The van der Waals surface area contributed by atoms with Crippen molar-refractivity contribution in [3.8, 4) is 62.1 Å². The Hall–Kier alpha value is -8.21. The minimum atomic E-state index is -0.498. The third-order valence-corrected chi connectivity index (χ3v) is 12.5. The molecule has 4 nitrogen and oxygen atoms in total. The highest BCUT2D eigenvalue weighted by Crippen LogP contribution is 2.58. The van der Waals surface area contributed by atoms with Crippen LogP contribution in [0.4, 0.5) is 0 Å². The molecule has 0 unspecified atom stereocenters. The number of benzene rings is 9. The van der Waals surface area contributed by atoms with E-state index in [2.05, 4.69) is 174 Å². The quantitative estimate of drug-likeness (QED) is 0.161. The second-order valence-corrected chi connectivity index (χ2v) is 15.9. The van der Waals surface area contributed by atoms with Crippen LogP contribution in [0.25, 0.3) is 83.9 Å². The molecule has 1 aliphatic rings. The number of rotatable bonds is 7. The smallest absolute Gasteiger partial charge is 0.164 e. The van der Waals surface area contributed by atoms with E-state index in [9.17, 15) is 0 Å². The molecule has 0 bridgehead atoms. The van der Waals surface area contributed by atoms with Gasteiger partial charge in [-0.25, -0.2) is 15.0 Å². The molecule has 12 rings (SSSR count). The Morgan fingerprint density at radius 3 is 1.50 bits per heavy atom. The summed E-state index contributed by atoms with van der Waals surface area (Å²) in [5, 5.41) is 2.46. The molecule has 0 amide bonds. The van der Waals surface area contributed by atoms with Gasteiger partial charge in [0.2, 0.25) is 0 Å². The monoisotopic (exact) mass is 790 g/mol. The Morgan fingerprint density at radius 1 is 0.339 bits per heavy atom. The molecule has 1 aliphatic carbocycles. The number of nitrogens with zero attached hydrogens (tertiary/aromatic N) is 4. The maximum absolute atomic E-state index is 5.04. The van der Waals surface area contributed by atoms with Crippen molar-refractivity contribution in [1.29, 1.82) is 0 Å². The van der Waals surface area contributed by atoms with Gasteiger partial charge in [0.1, 0.15) is 0 Å². The first-order valence-electron chi connectivity index (χ1n) is 21.1. The summed E-state index contributed by atoms with van der Waals surface area (Å²) < 4.78 is 2.49. The van der Waals surface area contributed by atoms with E-state index in [1.165, 1.54) is 55.2 Å². The van der Waals surface area contributed by atoms with Crippen LogP contribution in [0.2, 0.25) is 0 Å². The fourth-order valence-corrected chi connectivity index (χ4v) is 9.85. The van der Waals surface area contributed by atoms with Gasteiger partial charge in [0, 0.05) is 38.7 Å². The summed E-state index contributed by atoms with van der Waals surface area (Å²) in [6.07, 6.45) is 0. The molecule has 2 aromatic heterocycles. The maximum atomic E-state index is 5.04. The van der Waals surface area contributed by atoms with E-state index in [-0.39, 0.29) is 0 Å². The van der Waals surface area contributed by atoms with Gasteiger partial charge in [-0.15, -0.1) is 0 Å². The van der Waals surface area contributed by atoms with E-state index in [1.54, 1.807) is 0 Å². The van der Waals surface area contributed by atoms with Crippen LogP contribution in [0.3, 0.4) is 0 Å². The van der Waals surface area contributed by atoms with Crippen molar-refractivity contribution in [3.63, 3.8) is 0 Å². The molecule has 290 valence electrons. The average Bonchev–Trinajstić information content (AvgIpc) is 3.86. The molecule has 0 saturated heterocycles. The summed E-state index contributed by atoms with van der Waals surface area (Å²) in [6, 6.07) is 82.4. The van der Waals surface area contributed by atoms with Crippen molar-refractivity contribution >= 4 is 21.8 Å². The van der Waals surface area contributed by atoms with Crippen LogP contribution in [-0.4, -0.2) is 19.5 Å². The zero-order valence-electron chi connectivity index (χ0n) is 33.7. The van der Waals surface area contributed by atoms with Gasteiger partial charge in [-0.3, -0.25) is 0 Å². The Balaban J connectivity index is 1.06. The van der Waals surface area contributed by atoms with E-state index >= 15 is 0 Å². The second kappa shape index (κ2) is 14.5. The second-order valence-electron chi connectivity index (χ2n) is 15.9. The van der Waals surface area contributed by atoms with Crippen LogP contribution in [0.15, 0.2) is 231 Å². The van der Waals surface area contributed by atoms with Crippen molar-refractivity contribution in [2.75, 3.05) is 0 Å². The third-order valence-electron chi connectivity index (χ3n) is 12.5. The number of hydrogen-bond donors (Lipinski definition) is 0. The van der Waals surface area contributed by atoms with Crippen LogP contribution in [0, 0.1) is 0 Å². The Bertz CT molecular complexity index is 3350. The van der Waals surface area contributed by atoms with Gasteiger partial charge in [0.05, 0.1) is 16.4 Å². The predicted octanol–water partition coefficient (Wildman–Crippen LogP) is 14.0. The van der Waals surface area contributed by atoms with E-state index in [4.69, 9.17) is 15.0 Å². The molecule has 0 atom stereocenters. The number of hydrogen-bond acceptors (Lipinski definition) is 3. The van der Waals surface area contributed by atoms with Gasteiger partial charge in [-0.1, -0.05) is 206 Å². The van der Waals surface area contributed by atoms with Gasteiger partial charge >= 0.3 is 0 Å². The predicted molar refractivity (Wildman–Crippen MR) is 253 cm³/mol. The standard InChI is InChI=1S/C58H38N4/c1-5-19-39(20-6-1)55-59-56(40-21-7-2-8-22-40)61-57(60-55)43-25-17-23-41(37-43)42-24-18-30-46(38-42)62-52-34-16-14-31-47(52)48-35-36-51-53(54(48)62)49-32-13-15-33-50(49)58(51,44-26-9-3-10-27-44)45-28-11-4-12-29-45/h1-38H. The minimum absolute atomic E-state index is 0.498. The van der Waals surface area contributed by atoms with E-state index in [0.717, 1.165) is 33.5 Å². The Morgan fingerprint density at radius 2 is 0.839 bits per heavy atom. The van der Waals surface area contributed by atoms with Crippen LogP contribution < -0.4 is 0 Å². The number of aromatic nitrogens is 4. The lowest BCUT2D eigenvalue weighted by Gasteiger charge is -2.33. The van der Waals surface area contributed by atoms with Crippen molar-refractivity contribution in [2.45, 2.75) is 5.41 Å². The van der Waals surface area contributed by atoms with Gasteiger partial charge in [-0.05, 0) is 63.2 Å². The highest BCUT2D eigenvalue weighted by Gasteiger charge is 2.47. The zero-order valence-corrected chi connectivity index (χ0v) is 33.7. The average molecular weight is 791 g/mol. The van der Waals surface area contributed by atoms with Gasteiger partial charge in [-0.2, -0.15) is 0 Å². The first kappa shape index (κ1) is 35.7. The first-order valence-corrected chi connectivity index (χ1v) is 21.1. The summed E-state index contributed by atoms with van der Waals surface area (Å²) >= 11 is 0. The molecule has 2 heterocycles. The maximum Gasteiger partial charge on any atom is 0.164 e. The van der Waals surface area contributed by atoms with E-state index in [0.29, 0.717) is 17.5 Å². The number of fused-ring (bicyclic) bond motifs is 7. The molecule has 4 heteroatoms. The highest BCUT2D eigenvalue weighted by atomic mass is 15.0. The number of para-hydroxylation sites is 1. The minimum Gasteiger partial charge on any atom is -0.309 e. The molecule has 0 fully saturated rings. The lowest BCUT2D eigenvalue weighted by atomic mass is 9.67. The van der Waals surface area contributed by atoms with Crippen molar-refractivity contribution < 1.29 is 0 Å². The van der Waals surface area contributed by atoms with Crippen LogP contribution >= 0.6 is 0 Å². The fourth-order valence-electron chi connectivity index (χ4n) is 9.85. The lowest BCUT2D eigenvalue weighted by Crippen LogP contribution is -2.28. The van der Waals surface area contributed by atoms with Crippen LogP contribution in [-0.2, 0) is 5.41 Å². The Labute approximate surface area is 360 Å². The van der Waals surface area contributed by atoms with Crippen molar-refractivity contribution in [1.82, 2.24) is 19.5 Å². The van der Waals surface area contributed by atoms with E-state index in [1.807, 2.05) is 60.7 Å². The molecule has 9 aromatic carbocycles. The van der Waals surface area contributed by atoms with Crippen LogP contribution in [0.5, 0.6) is 0 Å². The normalized spacial score (nSPS) is 12.6. The third kappa shape index (κ3) is 5.58. The zero-order chi connectivity index (χ0) is 41.0. The molecular weight excluding hydrogens is 753 g/mol. The first-order chi connectivity index (χ1) is 30.8. The molecule has 62 heavy (non-hydrogen) atoms. The summed E-state index contributed by atoms with van der Waals surface area (Å²) in [7, 11) is 0. The fraction of sp³-hybridized carbons (Fsp3) is 0.0172. The molecule has 0 N–H and O–H groups in total. The van der Waals surface area contributed by atoms with Gasteiger partial charge in [0.15, 0.2) is 17.5 Å². The largest absolute Gasteiger partial charge is 0.309 e. The molecule has 11 aromatic rings. The SMILES string of the molecule is c1ccc(-c2nc(-c3ccccc3)nc(-c3cccc(-c4cccc(-n5c6ccccc6c6ccc7c(c65)-c5ccccc5C7(c5ccccc5)c5ccccc5)c4)c3)n2)cc1.